The van der Waals surface area contributed by atoms with Gasteiger partial charge in [0.25, 0.3) is 0 Å². The predicted molar refractivity (Wildman–Crippen MR) is 129 cm³/mol. The summed E-state index contributed by atoms with van der Waals surface area (Å²) in [6, 6.07) is 8.43. The van der Waals surface area contributed by atoms with Gasteiger partial charge in [-0.1, -0.05) is 12.2 Å². The molecule has 1 saturated heterocycles. The van der Waals surface area contributed by atoms with Crippen molar-refractivity contribution in [2.45, 2.75) is 13.3 Å². The molecule has 1 aliphatic rings. The molecule has 0 amide bonds. The number of aromatic amines is 1. The Kier molecular flexibility index (Phi) is 7.51. The number of morpholine rings is 1. The summed E-state index contributed by atoms with van der Waals surface area (Å²) in [7, 11) is 0. The number of pyridine rings is 1. The van der Waals surface area contributed by atoms with E-state index in [1.807, 2.05) is 18.3 Å². The number of nitrogens with zero attached hydrogens (tertiary/aromatic N) is 3. The van der Waals surface area contributed by atoms with Gasteiger partial charge in [0.05, 0.1) is 24.5 Å². The van der Waals surface area contributed by atoms with Crippen molar-refractivity contribution in [1.29, 1.82) is 5.26 Å². The zero-order valence-corrected chi connectivity index (χ0v) is 18.5. The number of anilines is 2. The summed E-state index contributed by atoms with van der Waals surface area (Å²) in [6.45, 7) is 8.77. The predicted octanol–water partition coefficient (Wildman–Crippen LogP) is 3.81. The third kappa shape index (κ3) is 5.35. The Hall–Kier alpha value is -3.18. The number of fused-ring (bicyclic) bond motifs is 1. The Morgan fingerprint density at radius 1 is 1.22 bits per heavy atom. The molecular weight excluding hydrogens is 400 g/mol. The Balaban J connectivity index is 1.37. The molecule has 2 aromatic heterocycles. The monoisotopic (exact) mass is 430 g/mol. The van der Waals surface area contributed by atoms with Crippen LogP contribution in [-0.2, 0) is 4.74 Å². The van der Waals surface area contributed by atoms with Crippen LogP contribution in [0.25, 0.3) is 17.0 Å². The third-order valence-electron chi connectivity index (χ3n) is 5.85. The van der Waals surface area contributed by atoms with Crippen LogP contribution in [0.1, 0.15) is 23.1 Å². The van der Waals surface area contributed by atoms with E-state index >= 15 is 0 Å². The van der Waals surface area contributed by atoms with Gasteiger partial charge in [-0.05, 0) is 43.7 Å². The SMILES string of the molecule is Cc1c(Nc2c(C#N)cncc2C=CCCNCCN2CCOCC2)ccc2[nH]ccc12. The fourth-order valence-electron chi connectivity index (χ4n) is 3.96. The molecular formula is C25H30N6O. The van der Waals surface area contributed by atoms with Crippen LogP contribution in [-0.4, -0.2) is 60.8 Å². The van der Waals surface area contributed by atoms with Crippen LogP contribution in [0, 0.1) is 18.3 Å². The van der Waals surface area contributed by atoms with Crippen LogP contribution < -0.4 is 10.6 Å². The normalized spacial score (nSPS) is 14.8. The molecule has 0 radical (unpaired) electrons. The molecule has 7 nitrogen and oxygen atoms in total. The topological polar surface area (TPSA) is 89.0 Å². The maximum atomic E-state index is 9.62. The first kappa shape index (κ1) is 22.0. The molecule has 1 aliphatic heterocycles. The van der Waals surface area contributed by atoms with Crippen LogP contribution in [0.4, 0.5) is 11.4 Å². The third-order valence-corrected chi connectivity index (χ3v) is 5.85. The summed E-state index contributed by atoms with van der Waals surface area (Å²) in [4.78, 5) is 9.92. The van der Waals surface area contributed by atoms with E-state index in [2.05, 4.69) is 56.7 Å². The van der Waals surface area contributed by atoms with Crippen molar-refractivity contribution in [2.75, 3.05) is 51.3 Å². The van der Waals surface area contributed by atoms with Crippen LogP contribution in [0.2, 0.25) is 0 Å². The van der Waals surface area contributed by atoms with Crippen molar-refractivity contribution in [3.8, 4) is 6.07 Å². The van der Waals surface area contributed by atoms with E-state index in [1.165, 1.54) is 5.39 Å². The van der Waals surface area contributed by atoms with E-state index in [4.69, 9.17) is 4.74 Å². The Morgan fingerprint density at radius 3 is 2.94 bits per heavy atom. The number of aromatic nitrogens is 2. The minimum atomic E-state index is 0.532. The van der Waals surface area contributed by atoms with Gasteiger partial charge in [0.1, 0.15) is 6.07 Å². The van der Waals surface area contributed by atoms with Crippen molar-refractivity contribution < 1.29 is 4.74 Å². The van der Waals surface area contributed by atoms with Gasteiger partial charge in [0.15, 0.2) is 0 Å². The van der Waals surface area contributed by atoms with Gasteiger partial charge in [-0.25, -0.2) is 0 Å². The molecule has 1 aromatic carbocycles. The maximum absolute atomic E-state index is 9.62. The van der Waals surface area contributed by atoms with E-state index in [0.29, 0.717) is 5.56 Å². The summed E-state index contributed by atoms with van der Waals surface area (Å²) in [5.74, 6) is 0. The zero-order chi connectivity index (χ0) is 22.2. The van der Waals surface area contributed by atoms with Gasteiger partial charge in [-0.15, -0.1) is 0 Å². The van der Waals surface area contributed by atoms with Crippen molar-refractivity contribution >= 4 is 28.4 Å². The number of nitriles is 1. The second kappa shape index (κ2) is 10.9. The molecule has 0 spiro atoms. The van der Waals surface area contributed by atoms with Gasteiger partial charge in [0.2, 0.25) is 0 Å². The molecule has 4 rings (SSSR count). The lowest BCUT2D eigenvalue weighted by atomic mass is 10.1. The lowest BCUT2D eigenvalue weighted by molar-refractivity contribution is 0.0385. The Bertz CT molecular complexity index is 1110. The molecule has 0 bridgehead atoms. The quantitative estimate of drug-likeness (QED) is 0.447. The zero-order valence-electron chi connectivity index (χ0n) is 18.5. The second-order valence-electron chi connectivity index (χ2n) is 7.96. The Morgan fingerprint density at radius 2 is 2.09 bits per heavy atom. The Labute approximate surface area is 189 Å². The highest BCUT2D eigenvalue weighted by Crippen LogP contribution is 2.30. The minimum absolute atomic E-state index is 0.532. The number of H-pyrrole nitrogens is 1. The fourth-order valence-corrected chi connectivity index (χ4v) is 3.96. The molecule has 32 heavy (non-hydrogen) atoms. The molecule has 7 heteroatoms. The number of aryl methyl sites for hydroxylation is 1. The van der Waals surface area contributed by atoms with Crippen molar-refractivity contribution in [2.24, 2.45) is 0 Å². The number of hydrogen-bond donors (Lipinski definition) is 3. The van der Waals surface area contributed by atoms with Crippen molar-refractivity contribution in [3.05, 3.63) is 59.6 Å². The maximum Gasteiger partial charge on any atom is 0.103 e. The van der Waals surface area contributed by atoms with Crippen molar-refractivity contribution in [1.82, 2.24) is 20.2 Å². The molecule has 0 atom stereocenters. The molecule has 1 fully saturated rings. The number of benzene rings is 1. The first-order valence-corrected chi connectivity index (χ1v) is 11.2. The van der Waals surface area contributed by atoms with Crippen LogP contribution >= 0.6 is 0 Å². The fraction of sp³-hybridized carbons (Fsp3) is 0.360. The summed E-state index contributed by atoms with van der Waals surface area (Å²) >= 11 is 0. The molecule has 3 aromatic rings. The summed E-state index contributed by atoms with van der Waals surface area (Å²) < 4.78 is 5.38. The van der Waals surface area contributed by atoms with E-state index in [9.17, 15) is 5.26 Å². The molecule has 0 saturated carbocycles. The highest BCUT2D eigenvalue weighted by atomic mass is 16.5. The van der Waals surface area contributed by atoms with Crippen LogP contribution in [0.5, 0.6) is 0 Å². The largest absolute Gasteiger partial charge is 0.379 e. The van der Waals surface area contributed by atoms with E-state index < -0.39 is 0 Å². The van der Waals surface area contributed by atoms with Gasteiger partial charge in [0, 0.05) is 66.9 Å². The molecule has 0 aliphatic carbocycles. The molecule has 3 heterocycles. The second-order valence-corrected chi connectivity index (χ2v) is 7.96. The highest BCUT2D eigenvalue weighted by Gasteiger charge is 2.11. The summed E-state index contributed by atoms with van der Waals surface area (Å²) in [5.41, 5.74) is 5.46. The smallest absolute Gasteiger partial charge is 0.103 e. The first-order chi connectivity index (χ1) is 15.8. The molecule has 166 valence electrons. The number of rotatable bonds is 9. The minimum Gasteiger partial charge on any atom is -0.379 e. The summed E-state index contributed by atoms with van der Waals surface area (Å²) in [5, 5.41) is 17.8. The number of nitrogens with one attached hydrogen (secondary N) is 3. The van der Waals surface area contributed by atoms with E-state index in [0.717, 1.165) is 80.4 Å². The van der Waals surface area contributed by atoms with Gasteiger partial charge in [-0.2, -0.15) is 5.26 Å². The summed E-state index contributed by atoms with van der Waals surface area (Å²) in [6.07, 6.45) is 10.4. The number of ether oxygens (including phenoxy) is 1. The van der Waals surface area contributed by atoms with Gasteiger partial charge in [-0.3, -0.25) is 9.88 Å². The average molecular weight is 431 g/mol. The van der Waals surface area contributed by atoms with Gasteiger partial charge < -0.3 is 20.4 Å². The first-order valence-electron chi connectivity index (χ1n) is 11.2. The average Bonchev–Trinajstić information content (AvgIpc) is 3.31. The van der Waals surface area contributed by atoms with Crippen LogP contribution in [0.3, 0.4) is 0 Å². The highest BCUT2D eigenvalue weighted by molar-refractivity contribution is 5.89. The van der Waals surface area contributed by atoms with Crippen LogP contribution in [0.15, 0.2) is 42.9 Å². The number of hydrogen-bond acceptors (Lipinski definition) is 6. The van der Waals surface area contributed by atoms with E-state index in [-0.39, 0.29) is 0 Å². The lowest BCUT2D eigenvalue weighted by Gasteiger charge is -2.26. The van der Waals surface area contributed by atoms with Crippen molar-refractivity contribution in [3.63, 3.8) is 0 Å². The van der Waals surface area contributed by atoms with E-state index in [1.54, 1.807) is 12.4 Å². The molecule has 0 unspecified atom stereocenters. The molecule has 3 N–H and O–H groups in total. The van der Waals surface area contributed by atoms with Gasteiger partial charge >= 0.3 is 0 Å². The lowest BCUT2D eigenvalue weighted by Crippen LogP contribution is -2.40. The standard InChI is InChI=1S/C25H30N6O/c1-19-22-7-9-29-24(22)6-5-23(19)30-25-20(17-28-18-21(25)16-26)4-2-3-8-27-10-11-31-12-14-32-15-13-31/h2,4-7,9,17-18,27,29H,3,8,10-15H2,1H3,(H,28,30).